The Kier molecular flexibility index (Phi) is 4.93. The molecule has 0 fully saturated rings. The molecule has 0 radical (unpaired) electrons. The quantitative estimate of drug-likeness (QED) is 0.472. The van der Waals surface area contributed by atoms with Crippen LogP contribution in [0.4, 0.5) is 10.1 Å². The summed E-state index contributed by atoms with van der Waals surface area (Å²) in [6.45, 7) is -0.305. The minimum absolute atomic E-state index is 0.0895. The van der Waals surface area contributed by atoms with Crippen LogP contribution in [0.3, 0.4) is 0 Å². The maximum atomic E-state index is 12.8. The number of rotatable bonds is 6. The Morgan fingerprint density at radius 2 is 1.81 bits per heavy atom. The highest BCUT2D eigenvalue weighted by Crippen LogP contribution is 2.30. The van der Waals surface area contributed by atoms with Crippen LogP contribution in [0.1, 0.15) is 26.3 Å². The van der Waals surface area contributed by atoms with E-state index in [-0.39, 0.29) is 23.5 Å². The number of nitro groups is 1. The van der Waals surface area contributed by atoms with Gasteiger partial charge in [0.1, 0.15) is 17.9 Å². The van der Waals surface area contributed by atoms with Gasteiger partial charge in [-0.25, -0.2) is 4.39 Å². The van der Waals surface area contributed by atoms with Crippen molar-refractivity contribution in [3.05, 3.63) is 75.1 Å². The molecule has 0 saturated heterocycles. The molecule has 1 aliphatic heterocycles. The third-order valence-electron chi connectivity index (χ3n) is 4.12. The minimum atomic E-state index is -0.865. The van der Waals surface area contributed by atoms with Crippen LogP contribution in [0.2, 0.25) is 0 Å². The highest BCUT2D eigenvalue weighted by Gasteiger charge is 2.41. The van der Waals surface area contributed by atoms with Gasteiger partial charge in [0, 0.05) is 12.6 Å². The number of hydrogen-bond acceptors (Lipinski definition) is 5. The number of benzene rings is 2. The zero-order valence-corrected chi connectivity index (χ0v) is 14.0. The number of fused-ring (bicyclic) bond motifs is 1. The van der Waals surface area contributed by atoms with Gasteiger partial charge in [-0.05, 0) is 30.2 Å². The van der Waals surface area contributed by atoms with Crippen molar-refractivity contribution in [1.82, 2.24) is 10.2 Å². The van der Waals surface area contributed by atoms with E-state index in [2.05, 4.69) is 5.32 Å². The summed E-state index contributed by atoms with van der Waals surface area (Å²) in [4.78, 5) is 47.8. The average Bonchev–Trinajstić information content (AvgIpc) is 2.88. The largest absolute Gasteiger partial charge is 0.354 e. The van der Waals surface area contributed by atoms with Crippen molar-refractivity contribution in [2.75, 3.05) is 13.1 Å². The number of hydrogen-bond donors (Lipinski definition) is 1. The summed E-state index contributed by atoms with van der Waals surface area (Å²) in [7, 11) is 0. The zero-order valence-electron chi connectivity index (χ0n) is 14.0. The lowest BCUT2D eigenvalue weighted by molar-refractivity contribution is -0.385. The molecule has 8 nitrogen and oxygen atoms in total. The van der Waals surface area contributed by atoms with Crippen molar-refractivity contribution in [3.8, 4) is 0 Å². The third-order valence-corrected chi connectivity index (χ3v) is 4.12. The number of nitrogens with zero attached hydrogens (tertiary/aromatic N) is 2. The van der Waals surface area contributed by atoms with Crippen LogP contribution < -0.4 is 5.32 Å². The van der Waals surface area contributed by atoms with Gasteiger partial charge in [-0.1, -0.05) is 18.2 Å². The first-order valence-corrected chi connectivity index (χ1v) is 8.03. The first-order chi connectivity index (χ1) is 12.9. The molecule has 9 heteroatoms. The Hall–Kier alpha value is -3.62. The van der Waals surface area contributed by atoms with Crippen LogP contribution in [-0.4, -0.2) is 40.6 Å². The first-order valence-electron chi connectivity index (χ1n) is 8.03. The molecule has 0 atom stereocenters. The lowest BCUT2D eigenvalue weighted by atomic mass is 10.1. The number of halogens is 1. The van der Waals surface area contributed by atoms with Gasteiger partial charge in [0.15, 0.2) is 0 Å². The van der Waals surface area contributed by atoms with Crippen LogP contribution in [0.15, 0.2) is 42.5 Å². The lowest BCUT2D eigenvalue weighted by Crippen LogP contribution is -2.40. The van der Waals surface area contributed by atoms with Gasteiger partial charge in [0.2, 0.25) is 5.91 Å². The second kappa shape index (κ2) is 7.32. The molecule has 0 saturated carbocycles. The van der Waals surface area contributed by atoms with Crippen LogP contribution in [-0.2, 0) is 11.2 Å². The molecular formula is C18H14FN3O5. The van der Waals surface area contributed by atoms with E-state index in [4.69, 9.17) is 0 Å². The van der Waals surface area contributed by atoms with Crippen LogP contribution in [0.5, 0.6) is 0 Å². The van der Waals surface area contributed by atoms with Gasteiger partial charge in [0.05, 0.1) is 10.5 Å². The van der Waals surface area contributed by atoms with Crippen molar-refractivity contribution in [2.45, 2.75) is 6.42 Å². The Labute approximate surface area is 152 Å². The van der Waals surface area contributed by atoms with Crippen LogP contribution >= 0.6 is 0 Å². The van der Waals surface area contributed by atoms with E-state index in [1.54, 1.807) is 12.1 Å². The number of nitro benzene ring substituents is 1. The van der Waals surface area contributed by atoms with E-state index in [0.717, 1.165) is 11.6 Å². The summed E-state index contributed by atoms with van der Waals surface area (Å²) < 4.78 is 12.8. The Morgan fingerprint density at radius 1 is 1.11 bits per heavy atom. The predicted molar refractivity (Wildman–Crippen MR) is 91.6 cm³/mol. The number of imide groups is 1. The molecule has 3 amide bonds. The number of amides is 3. The average molecular weight is 371 g/mol. The normalized spacial score (nSPS) is 12.9. The van der Waals surface area contributed by atoms with Crippen LogP contribution in [0.25, 0.3) is 0 Å². The van der Waals surface area contributed by atoms with Gasteiger partial charge < -0.3 is 5.32 Å². The second-order valence-electron chi connectivity index (χ2n) is 5.88. The van der Waals surface area contributed by atoms with Crippen LogP contribution in [0, 0.1) is 15.9 Å². The van der Waals surface area contributed by atoms with Crippen molar-refractivity contribution >= 4 is 23.4 Å². The number of carbonyl (C=O) groups excluding carboxylic acids is 3. The summed E-state index contributed by atoms with van der Waals surface area (Å²) in [5, 5.41) is 13.6. The number of nitrogens with one attached hydrogen (secondary N) is 1. The Morgan fingerprint density at radius 3 is 2.48 bits per heavy atom. The molecule has 1 heterocycles. The highest BCUT2D eigenvalue weighted by molar-refractivity contribution is 6.24. The molecule has 0 aromatic heterocycles. The van der Waals surface area contributed by atoms with E-state index in [1.807, 2.05) is 0 Å². The van der Waals surface area contributed by atoms with E-state index in [9.17, 15) is 28.9 Å². The topological polar surface area (TPSA) is 110 Å². The van der Waals surface area contributed by atoms with E-state index in [0.29, 0.717) is 11.3 Å². The Balaban J connectivity index is 1.62. The van der Waals surface area contributed by atoms with Crippen molar-refractivity contribution in [3.63, 3.8) is 0 Å². The molecule has 0 aliphatic carbocycles. The van der Waals surface area contributed by atoms with Crippen molar-refractivity contribution in [1.29, 1.82) is 0 Å². The zero-order chi connectivity index (χ0) is 19.6. The van der Waals surface area contributed by atoms with E-state index < -0.39 is 34.9 Å². The first kappa shape index (κ1) is 18.2. The molecule has 138 valence electrons. The van der Waals surface area contributed by atoms with Gasteiger partial charge in [-0.15, -0.1) is 0 Å². The maximum absolute atomic E-state index is 12.8. The summed E-state index contributed by atoms with van der Waals surface area (Å²) in [6.07, 6.45) is 0.444. The Bertz CT molecular complexity index is 943. The molecule has 2 aromatic carbocycles. The smallest absolute Gasteiger partial charge is 0.282 e. The highest BCUT2D eigenvalue weighted by atomic mass is 19.1. The predicted octanol–water partition coefficient (Wildman–Crippen LogP) is 1.69. The molecule has 1 aliphatic rings. The summed E-state index contributed by atoms with van der Waals surface area (Å²) in [5.41, 5.74) is -0.0435. The monoisotopic (exact) mass is 371 g/mol. The third kappa shape index (κ3) is 3.66. The lowest BCUT2D eigenvalue weighted by Gasteiger charge is -2.13. The van der Waals surface area contributed by atoms with Gasteiger partial charge >= 0.3 is 0 Å². The van der Waals surface area contributed by atoms with Gasteiger partial charge in [-0.3, -0.25) is 29.4 Å². The molecule has 1 N–H and O–H groups in total. The molecule has 27 heavy (non-hydrogen) atoms. The summed E-state index contributed by atoms with van der Waals surface area (Å²) >= 11 is 0. The molecule has 0 bridgehead atoms. The fourth-order valence-electron chi connectivity index (χ4n) is 2.81. The van der Waals surface area contributed by atoms with E-state index >= 15 is 0 Å². The van der Waals surface area contributed by atoms with Gasteiger partial charge in [-0.2, -0.15) is 0 Å². The molecule has 3 rings (SSSR count). The fourth-order valence-corrected chi connectivity index (χ4v) is 2.81. The van der Waals surface area contributed by atoms with Gasteiger partial charge in [0.25, 0.3) is 17.5 Å². The summed E-state index contributed by atoms with van der Waals surface area (Å²) in [6, 6.07) is 9.56. The standard InChI is InChI=1S/C18H14FN3O5/c19-12-6-4-11(5-7-12)8-9-20-15(23)10-21-17(24)13-2-1-3-14(22(26)27)16(13)18(21)25/h1-7H,8-10H2,(H,20,23). The SMILES string of the molecule is O=C(CN1C(=O)c2cccc([N+](=O)[O-])c2C1=O)NCCc1ccc(F)cc1. The van der Waals surface area contributed by atoms with Crippen molar-refractivity contribution in [2.24, 2.45) is 0 Å². The number of carbonyl (C=O) groups is 3. The van der Waals surface area contributed by atoms with E-state index in [1.165, 1.54) is 24.3 Å². The molecule has 2 aromatic rings. The molecular weight excluding hydrogens is 357 g/mol. The summed E-state index contributed by atoms with van der Waals surface area (Å²) in [5.74, 6) is -2.54. The minimum Gasteiger partial charge on any atom is -0.354 e. The second-order valence-corrected chi connectivity index (χ2v) is 5.88. The molecule has 0 spiro atoms. The maximum Gasteiger partial charge on any atom is 0.282 e. The molecule has 0 unspecified atom stereocenters. The van der Waals surface area contributed by atoms with Crippen molar-refractivity contribution < 1.29 is 23.7 Å². The fraction of sp³-hybridized carbons (Fsp3) is 0.167.